The Kier molecular flexibility index (Phi) is 4.82. The lowest BCUT2D eigenvalue weighted by molar-refractivity contribution is -0.126. The molecule has 0 atom stereocenters. The molecule has 1 saturated heterocycles. The van der Waals surface area contributed by atoms with E-state index in [4.69, 9.17) is 5.73 Å². The van der Waals surface area contributed by atoms with Crippen LogP contribution < -0.4 is 11.1 Å². The highest BCUT2D eigenvalue weighted by Crippen LogP contribution is 2.21. The number of likely N-dealkylation sites (tertiary alicyclic amines) is 1. The van der Waals surface area contributed by atoms with E-state index in [-0.39, 0.29) is 17.7 Å². The second-order valence-corrected chi connectivity index (χ2v) is 5.23. The molecule has 7 nitrogen and oxygen atoms in total. The number of carbonyl (C=O) groups is 2. The van der Waals surface area contributed by atoms with Crippen LogP contribution in [0, 0.1) is 5.92 Å². The molecule has 0 spiro atoms. The normalized spacial score (nSPS) is 16.0. The largest absolute Gasteiger partial charge is 0.396 e. The molecule has 0 radical (unpaired) electrons. The lowest BCUT2D eigenvalue weighted by atomic mass is 9.95. The lowest BCUT2D eigenvalue weighted by Gasteiger charge is -2.31. The van der Waals surface area contributed by atoms with Crippen molar-refractivity contribution in [2.45, 2.75) is 33.2 Å². The Hall–Kier alpha value is -2.05. The van der Waals surface area contributed by atoms with Gasteiger partial charge in [0.2, 0.25) is 5.91 Å². The Bertz CT molecular complexity index is 517. The predicted octanol–water partition coefficient (Wildman–Crippen LogP) is 0.473. The van der Waals surface area contributed by atoms with Crippen LogP contribution in [0.15, 0.2) is 6.20 Å². The summed E-state index contributed by atoms with van der Waals surface area (Å²) in [4.78, 5) is 26.1. The van der Waals surface area contributed by atoms with Gasteiger partial charge in [-0.2, -0.15) is 5.10 Å². The molecule has 2 heterocycles. The van der Waals surface area contributed by atoms with E-state index in [9.17, 15) is 9.59 Å². The molecule has 0 unspecified atom stereocenters. The number of aromatic nitrogens is 2. The molecule has 1 aliphatic heterocycles. The summed E-state index contributed by atoms with van der Waals surface area (Å²) in [5, 5.41) is 6.94. The molecule has 1 aromatic rings. The van der Waals surface area contributed by atoms with Gasteiger partial charge >= 0.3 is 0 Å². The number of hydrogen-bond donors (Lipinski definition) is 2. The van der Waals surface area contributed by atoms with Crippen molar-refractivity contribution >= 4 is 17.5 Å². The fourth-order valence-electron chi connectivity index (χ4n) is 2.69. The summed E-state index contributed by atoms with van der Waals surface area (Å²) in [6.45, 7) is 6.23. The number of hydrogen-bond acceptors (Lipinski definition) is 4. The van der Waals surface area contributed by atoms with Gasteiger partial charge in [0.1, 0.15) is 5.69 Å². The molecule has 21 heavy (non-hydrogen) atoms. The van der Waals surface area contributed by atoms with Crippen LogP contribution in [0.3, 0.4) is 0 Å². The molecule has 1 aromatic heterocycles. The molecule has 2 rings (SSSR count). The van der Waals surface area contributed by atoms with Crippen molar-refractivity contribution in [2.75, 3.05) is 25.4 Å². The first-order chi connectivity index (χ1) is 10.1. The molecule has 1 fully saturated rings. The fraction of sp³-hybridized carbons (Fsp3) is 0.643. The second kappa shape index (κ2) is 6.60. The van der Waals surface area contributed by atoms with E-state index in [1.54, 1.807) is 9.58 Å². The molecule has 2 amide bonds. The lowest BCUT2D eigenvalue weighted by Crippen LogP contribution is -2.43. The van der Waals surface area contributed by atoms with E-state index in [1.807, 2.05) is 13.8 Å². The van der Waals surface area contributed by atoms with Gasteiger partial charge < -0.3 is 16.0 Å². The van der Waals surface area contributed by atoms with Gasteiger partial charge in [0.05, 0.1) is 11.9 Å². The summed E-state index contributed by atoms with van der Waals surface area (Å²) in [6, 6.07) is 0. The molecule has 7 heteroatoms. The Morgan fingerprint density at radius 3 is 2.62 bits per heavy atom. The van der Waals surface area contributed by atoms with Crippen LogP contribution in [0.4, 0.5) is 5.69 Å². The first kappa shape index (κ1) is 15.3. The highest BCUT2D eigenvalue weighted by Gasteiger charge is 2.29. The van der Waals surface area contributed by atoms with Gasteiger partial charge in [-0.25, -0.2) is 0 Å². The first-order valence-electron chi connectivity index (χ1n) is 7.46. The number of aryl methyl sites for hydroxylation is 1. The number of nitrogen functional groups attached to an aromatic ring is 1. The van der Waals surface area contributed by atoms with Crippen LogP contribution >= 0.6 is 0 Å². The Morgan fingerprint density at radius 2 is 2.05 bits per heavy atom. The minimum atomic E-state index is -0.0961. The quantitative estimate of drug-likeness (QED) is 0.844. The summed E-state index contributed by atoms with van der Waals surface area (Å²) < 4.78 is 1.62. The van der Waals surface area contributed by atoms with Crippen molar-refractivity contribution in [3.05, 3.63) is 11.9 Å². The van der Waals surface area contributed by atoms with E-state index >= 15 is 0 Å². The SMILES string of the molecule is CCNC(=O)C1CCN(C(=O)c2c(N)cnn2CC)CC1. The van der Waals surface area contributed by atoms with E-state index in [0.717, 1.165) is 0 Å². The van der Waals surface area contributed by atoms with Crippen LogP contribution in [0.1, 0.15) is 37.2 Å². The van der Waals surface area contributed by atoms with Crippen LogP contribution in [0.2, 0.25) is 0 Å². The van der Waals surface area contributed by atoms with Gasteiger partial charge in [-0.1, -0.05) is 0 Å². The highest BCUT2D eigenvalue weighted by molar-refractivity contribution is 5.97. The van der Waals surface area contributed by atoms with Gasteiger partial charge in [0.15, 0.2) is 0 Å². The number of carbonyl (C=O) groups excluding carboxylic acids is 2. The Labute approximate surface area is 124 Å². The third-order valence-corrected chi connectivity index (χ3v) is 3.87. The van der Waals surface area contributed by atoms with Crippen molar-refractivity contribution in [3.63, 3.8) is 0 Å². The zero-order chi connectivity index (χ0) is 15.4. The third-order valence-electron chi connectivity index (χ3n) is 3.87. The summed E-state index contributed by atoms with van der Waals surface area (Å²) >= 11 is 0. The maximum absolute atomic E-state index is 12.5. The minimum Gasteiger partial charge on any atom is -0.396 e. The Balaban J connectivity index is 2.00. The molecule has 0 aromatic carbocycles. The number of anilines is 1. The second-order valence-electron chi connectivity index (χ2n) is 5.23. The standard InChI is InChI=1S/C14H23N5O2/c1-3-16-13(20)10-5-7-18(8-6-10)14(21)12-11(15)9-17-19(12)4-2/h9-10H,3-8,15H2,1-2H3,(H,16,20). The zero-order valence-corrected chi connectivity index (χ0v) is 12.6. The topological polar surface area (TPSA) is 93.2 Å². The number of rotatable bonds is 4. The molecule has 1 aliphatic rings. The fourth-order valence-corrected chi connectivity index (χ4v) is 2.69. The van der Waals surface area contributed by atoms with Crippen molar-refractivity contribution in [1.29, 1.82) is 0 Å². The molecule has 0 aliphatic carbocycles. The summed E-state index contributed by atoms with van der Waals surface area (Å²) in [6.07, 6.45) is 2.90. The van der Waals surface area contributed by atoms with Crippen LogP contribution in [0.25, 0.3) is 0 Å². The van der Waals surface area contributed by atoms with Crippen LogP contribution in [-0.2, 0) is 11.3 Å². The van der Waals surface area contributed by atoms with E-state index < -0.39 is 0 Å². The van der Waals surface area contributed by atoms with Crippen LogP contribution in [0.5, 0.6) is 0 Å². The average molecular weight is 293 g/mol. The van der Waals surface area contributed by atoms with Crippen molar-refractivity contribution in [2.24, 2.45) is 5.92 Å². The zero-order valence-electron chi connectivity index (χ0n) is 12.6. The molecular weight excluding hydrogens is 270 g/mol. The van der Waals surface area contributed by atoms with Crippen molar-refractivity contribution < 1.29 is 9.59 Å². The monoisotopic (exact) mass is 293 g/mol. The maximum Gasteiger partial charge on any atom is 0.274 e. The van der Waals surface area contributed by atoms with E-state index in [2.05, 4.69) is 10.4 Å². The number of nitrogens with two attached hydrogens (primary N) is 1. The molecule has 3 N–H and O–H groups in total. The van der Waals surface area contributed by atoms with Gasteiger partial charge in [-0.15, -0.1) is 0 Å². The maximum atomic E-state index is 12.5. The molecule has 116 valence electrons. The average Bonchev–Trinajstić information content (AvgIpc) is 2.88. The summed E-state index contributed by atoms with van der Waals surface area (Å²) in [7, 11) is 0. The number of nitrogens with zero attached hydrogens (tertiary/aromatic N) is 3. The van der Waals surface area contributed by atoms with Gasteiger partial charge in [0, 0.05) is 32.1 Å². The van der Waals surface area contributed by atoms with Gasteiger partial charge in [0.25, 0.3) is 5.91 Å². The Morgan fingerprint density at radius 1 is 1.38 bits per heavy atom. The summed E-state index contributed by atoms with van der Waals surface area (Å²) in [5.41, 5.74) is 6.71. The van der Waals surface area contributed by atoms with Crippen molar-refractivity contribution in [3.8, 4) is 0 Å². The van der Waals surface area contributed by atoms with E-state index in [1.165, 1.54) is 6.20 Å². The highest BCUT2D eigenvalue weighted by atomic mass is 16.2. The van der Waals surface area contributed by atoms with Gasteiger partial charge in [-0.05, 0) is 26.7 Å². The number of amides is 2. The van der Waals surface area contributed by atoms with Crippen LogP contribution in [-0.4, -0.2) is 46.1 Å². The van der Waals surface area contributed by atoms with E-state index in [0.29, 0.717) is 50.4 Å². The minimum absolute atomic E-state index is 0.00225. The first-order valence-corrected chi connectivity index (χ1v) is 7.46. The predicted molar refractivity (Wildman–Crippen MR) is 79.6 cm³/mol. The van der Waals surface area contributed by atoms with Gasteiger partial charge in [-0.3, -0.25) is 14.3 Å². The number of nitrogens with one attached hydrogen (secondary N) is 1. The molecule has 0 saturated carbocycles. The number of piperidine rings is 1. The molecule has 0 bridgehead atoms. The molecular formula is C14H23N5O2. The van der Waals surface area contributed by atoms with Crippen molar-refractivity contribution in [1.82, 2.24) is 20.0 Å². The third kappa shape index (κ3) is 3.17. The summed E-state index contributed by atoms with van der Waals surface area (Å²) in [5.74, 6) is -0.00801. The smallest absolute Gasteiger partial charge is 0.274 e.